The van der Waals surface area contributed by atoms with E-state index in [1.54, 1.807) is 0 Å². The number of nitrogens with one attached hydrogen (secondary N) is 1. The summed E-state index contributed by atoms with van der Waals surface area (Å²) >= 11 is 5.87. The van der Waals surface area contributed by atoms with Crippen molar-refractivity contribution in [2.45, 2.75) is 4.90 Å². The van der Waals surface area contributed by atoms with Gasteiger partial charge in [0.2, 0.25) is 0 Å². The van der Waals surface area contributed by atoms with Crippen LogP contribution in [0.4, 0.5) is 10.1 Å². The van der Waals surface area contributed by atoms with Crippen molar-refractivity contribution in [3.63, 3.8) is 0 Å². The van der Waals surface area contributed by atoms with Crippen molar-refractivity contribution in [1.29, 1.82) is 0 Å². The number of pyridine rings is 1. The van der Waals surface area contributed by atoms with Gasteiger partial charge >= 0.3 is 0 Å². The maximum absolute atomic E-state index is 12.7. The van der Waals surface area contributed by atoms with Gasteiger partial charge in [-0.25, -0.2) is 17.8 Å². The first-order valence-corrected chi connectivity index (χ1v) is 8.13. The summed E-state index contributed by atoms with van der Waals surface area (Å²) in [6.45, 7) is 0. The van der Waals surface area contributed by atoms with Crippen molar-refractivity contribution in [3.05, 3.63) is 53.1 Å². The summed E-state index contributed by atoms with van der Waals surface area (Å²) in [5.41, 5.74) is 0.165. The van der Waals surface area contributed by atoms with E-state index in [2.05, 4.69) is 10.3 Å². The number of rotatable bonds is 3. The summed E-state index contributed by atoms with van der Waals surface area (Å²) < 4.78 is 35.0. The molecule has 0 spiro atoms. The topological polar surface area (TPSA) is 76.1 Å². The molecule has 21 heavy (non-hydrogen) atoms. The van der Waals surface area contributed by atoms with Crippen LogP contribution >= 0.6 is 22.3 Å². The Bertz CT molecular complexity index is 795. The van der Waals surface area contributed by atoms with Crippen LogP contribution in [0.25, 0.3) is 0 Å². The van der Waals surface area contributed by atoms with Crippen LogP contribution in [0.2, 0.25) is 5.02 Å². The molecule has 2 aromatic rings. The molecule has 1 heterocycles. The molecule has 0 saturated heterocycles. The van der Waals surface area contributed by atoms with Crippen LogP contribution in [-0.2, 0) is 9.05 Å². The molecule has 0 saturated carbocycles. The fourth-order valence-corrected chi connectivity index (χ4v) is 2.51. The zero-order valence-corrected chi connectivity index (χ0v) is 12.5. The number of halogens is 3. The molecule has 0 unspecified atom stereocenters. The van der Waals surface area contributed by atoms with Crippen LogP contribution in [0, 0.1) is 5.82 Å². The highest BCUT2D eigenvalue weighted by Crippen LogP contribution is 2.27. The van der Waals surface area contributed by atoms with E-state index in [1.807, 2.05) is 0 Å². The molecule has 9 heteroatoms. The zero-order chi connectivity index (χ0) is 15.6. The van der Waals surface area contributed by atoms with Crippen LogP contribution in [0.1, 0.15) is 10.5 Å². The first kappa shape index (κ1) is 15.7. The lowest BCUT2D eigenvalue weighted by Gasteiger charge is -2.07. The predicted molar refractivity (Wildman–Crippen MR) is 76.6 cm³/mol. The minimum Gasteiger partial charge on any atom is -0.319 e. The zero-order valence-electron chi connectivity index (χ0n) is 10.2. The second-order valence-electron chi connectivity index (χ2n) is 3.90. The molecule has 0 bridgehead atoms. The van der Waals surface area contributed by atoms with Crippen molar-refractivity contribution in [2.24, 2.45) is 0 Å². The Labute approximate surface area is 129 Å². The third-order valence-electron chi connectivity index (χ3n) is 2.43. The fraction of sp³-hybridized carbons (Fsp3) is 0. The molecule has 2 rings (SSSR count). The molecule has 110 valence electrons. The molecule has 0 aliphatic carbocycles. The van der Waals surface area contributed by atoms with E-state index in [9.17, 15) is 17.6 Å². The molecule has 0 atom stereocenters. The van der Waals surface area contributed by atoms with Crippen molar-refractivity contribution < 1.29 is 17.6 Å². The number of benzene rings is 1. The monoisotopic (exact) mass is 348 g/mol. The summed E-state index contributed by atoms with van der Waals surface area (Å²) in [6, 6.07) is 5.89. The molecule has 0 aliphatic heterocycles. The molecule has 1 aromatic carbocycles. The average Bonchev–Trinajstić information content (AvgIpc) is 2.40. The summed E-state index contributed by atoms with van der Waals surface area (Å²) in [7, 11) is 1.27. The van der Waals surface area contributed by atoms with E-state index in [1.165, 1.54) is 18.2 Å². The van der Waals surface area contributed by atoms with Gasteiger partial charge < -0.3 is 5.32 Å². The molecule has 1 aromatic heterocycles. The van der Waals surface area contributed by atoms with Crippen molar-refractivity contribution in [3.8, 4) is 0 Å². The summed E-state index contributed by atoms with van der Waals surface area (Å²) in [6.07, 6.45) is 0.902. The molecule has 1 amide bonds. The van der Waals surface area contributed by atoms with Gasteiger partial charge in [-0.3, -0.25) is 4.79 Å². The van der Waals surface area contributed by atoms with E-state index in [-0.39, 0.29) is 21.3 Å². The number of nitrogens with zero attached hydrogens (tertiary/aromatic N) is 1. The number of aromatic nitrogens is 1. The Morgan fingerprint density at radius 1 is 1.24 bits per heavy atom. The SMILES string of the molecule is O=C(Nc1ccc(S(=O)(=O)Cl)cc1Cl)c1ccc(F)cn1. The normalized spacial score (nSPS) is 11.2. The van der Waals surface area contributed by atoms with Gasteiger partial charge in [-0.1, -0.05) is 11.6 Å². The third-order valence-corrected chi connectivity index (χ3v) is 4.09. The van der Waals surface area contributed by atoms with Gasteiger partial charge in [-0.2, -0.15) is 0 Å². The highest BCUT2D eigenvalue weighted by Gasteiger charge is 2.14. The van der Waals surface area contributed by atoms with Gasteiger partial charge in [0.05, 0.1) is 21.8 Å². The molecular weight excluding hydrogens is 342 g/mol. The Balaban J connectivity index is 2.24. The van der Waals surface area contributed by atoms with E-state index >= 15 is 0 Å². The molecular formula is C12H7Cl2FN2O3S. The van der Waals surface area contributed by atoms with E-state index in [4.69, 9.17) is 22.3 Å². The largest absolute Gasteiger partial charge is 0.319 e. The Kier molecular flexibility index (Phi) is 4.46. The quantitative estimate of drug-likeness (QED) is 0.864. The lowest BCUT2D eigenvalue weighted by Crippen LogP contribution is -2.14. The van der Waals surface area contributed by atoms with Crippen LogP contribution in [-0.4, -0.2) is 19.3 Å². The first-order chi connectivity index (χ1) is 9.77. The number of carbonyl (C=O) groups excluding carboxylic acids is 1. The summed E-state index contributed by atoms with van der Waals surface area (Å²) in [5.74, 6) is -1.18. The first-order valence-electron chi connectivity index (χ1n) is 5.44. The maximum Gasteiger partial charge on any atom is 0.274 e. The maximum atomic E-state index is 12.7. The molecule has 0 radical (unpaired) electrons. The highest BCUT2D eigenvalue weighted by atomic mass is 35.7. The number of anilines is 1. The minimum atomic E-state index is -3.91. The van der Waals surface area contributed by atoms with Gasteiger partial charge in [-0.05, 0) is 30.3 Å². The highest BCUT2D eigenvalue weighted by molar-refractivity contribution is 8.13. The van der Waals surface area contributed by atoms with Gasteiger partial charge in [0.1, 0.15) is 11.5 Å². The van der Waals surface area contributed by atoms with Gasteiger partial charge in [0.15, 0.2) is 0 Å². The van der Waals surface area contributed by atoms with E-state index < -0.39 is 20.8 Å². The molecule has 1 N–H and O–H groups in total. The van der Waals surface area contributed by atoms with Crippen LogP contribution in [0.5, 0.6) is 0 Å². The van der Waals surface area contributed by atoms with Gasteiger partial charge in [-0.15, -0.1) is 0 Å². The fourth-order valence-electron chi connectivity index (χ4n) is 1.45. The second-order valence-corrected chi connectivity index (χ2v) is 6.87. The van der Waals surface area contributed by atoms with Crippen molar-refractivity contribution >= 4 is 42.9 Å². The Hall–Kier alpha value is -1.70. The van der Waals surface area contributed by atoms with E-state index in [0.29, 0.717) is 0 Å². The smallest absolute Gasteiger partial charge is 0.274 e. The van der Waals surface area contributed by atoms with Gasteiger partial charge in [0, 0.05) is 10.7 Å². The number of hydrogen-bond acceptors (Lipinski definition) is 4. The molecule has 5 nitrogen and oxygen atoms in total. The molecule has 0 aliphatic rings. The Morgan fingerprint density at radius 2 is 1.95 bits per heavy atom. The average molecular weight is 349 g/mol. The van der Waals surface area contributed by atoms with Crippen molar-refractivity contribution in [2.75, 3.05) is 5.32 Å². The Morgan fingerprint density at radius 3 is 2.48 bits per heavy atom. The lowest BCUT2D eigenvalue weighted by atomic mass is 10.3. The third kappa shape index (κ3) is 3.90. The van der Waals surface area contributed by atoms with Crippen LogP contribution in [0.3, 0.4) is 0 Å². The summed E-state index contributed by atoms with van der Waals surface area (Å²) in [5, 5.41) is 2.42. The minimum absolute atomic E-state index is 0.00723. The standard InChI is InChI=1S/C12H7Cl2FN2O3S/c13-9-5-8(21(14,19)20)2-4-10(9)17-12(18)11-3-1-7(15)6-16-11/h1-6H,(H,17,18). The second kappa shape index (κ2) is 5.97. The number of amides is 1. The van der Waals surface area contributed by atoms with E-state index in [0.717, 1.165) is 18.3 Å². The number of hydrogen-bond donors (Lipinski definition) is 1. The van der Waals surface area contributed by atoms with Gasteiger partial charge in [0.25, 0.3) is 15.0 Å². The number of carbonyl (C=O) groups is 1. The van der Waals surface area contributed by atoms with Crippen LogP contribution < -0.4 is 5.32 Å². The van der Waals surface area contributed by atoms with Crippen LogP contribution in [0.15, 0.2) is 41.4 Å². The predicted octanol–water partition coefficient (Wildman–Crippen LogP) is 3.05. The lowest BCUT2D eigenvalue weighted by molar-refractivity contribution is 0.102. The van der Waals surface area contributed by atoms with Crippen molar-refractivity contribution in [1.82, 2.24) is 4.98 Å². The summed E-state index contributed by atoms with van der Waals surface area (Å²) in [4.78, 5) is 15.3. The molecule has 0 fully saturated rings.